The van der Waals surface area contributed by atoms with E-state index >= 15 is 0 Å². The van der Waals surface area contributed by atoms with Crippen LogP contribution in [-0.2, 0) is 0 Å². The van der Waals surface area contributed by atoms with Gasteiger partial charge in [0.2, 0.25) is 0 Å². The van der Waals surface area contributed by atoms with Crippen molar-refractivity contribution in [1.82, 2.24) is 4.90 Å². The molecule has 1 saturated carbocycles. The van der Waals surface area contributed by atoms with Crippen molar-refractivity contribution < 1.29 is 0 Å². The monoisotopic (exact) mass is 212 g/mol. The van der Waals surface area contributed by atoms with Gasteiger partial charge in [-0.05, 0) is 44.1 Å². The molecule has 0 radical (unpaired) electrons. The molecule has 1 fully saturated rings. The average Bonchev–Trinajstić information content (AvgIpc) is 2.05. The minimum atomic E-state index is 0.416. The molecule has 2 nitrogen and oxygen atoms in total. The van der Waals surface area contributed by atoms with E-state index < -0.39 is 0 Å². The lowest BCUT2D eigenvalue weighted by atomic mass is 9.86. The third kappa shape index (κ3) is 5.53. The molecule has 0 amide bonds. The van der Waals surface area contributed by atoms with E-state index in [9.17, 15) is 0 Å². The molecule has 1 aliphatic rings. The molecule has 0 aromatic carbocycles. The maximum atomic E-state index is 5.92. The van der Waals surface area contributed by atoms with Gasteiger partial charge in [0.05, 0.1) is 0 Å². The normalized spacial score (nSPS) is 28.4. The Hall–Kier alpha value is -0.0800. The van der Waals surface area contributed by atoms with E-state index in [0.29, 0.717) is 11.5 Å². The summed E-state index contributed by atoms with van der Waals surface area (Å²) in [6.45, 7) is 9.36. The van der Waals surface area contributed by atoms with Gasteiger partial charge in [0.25, 0.3) is 0 Å². The lowest BCUT2D eigenvalue weighted by molar-refractivity contribution is 0.176. The minimum Gasteiger partial charge on any atom is -0.328 e. The van der Waals surface area contributed by atoms with Crippen molar-refractivity contribution >= 4 is 0 Å². The van der Waals surface area contributed by atoms with Gasteiger partial charge in [-0.25, -0.2) is 0 Å². The summed E-state index contributed by atoms with van der Waals surface area (Å²) in [7, 11) is 2.25. The summed E-state index contributed by atoms with van der Waals surface area (Å²) >= 11 is 0. The van der Waals surface area contributed by atoms with Gasteiger partial charge in [0, 0.05) is 19.1 Å². The summed E-state index contributed by atoms with van der Waals surface area (Å²) < 4.78 is 0. The van der Waals surface area contributed by atoms with Crippen LogP contribution in [0.4, 0.5) is 0 Å². The van der Waals surface area contributed by atoms with Crippen molar-refractivity contribution in [3.05, 3.63) is 0 Å². The van der Waals surface area contributed by atoms with Gasteiger partial charge in [-0.1, -0.05) is 20.8 Å². The predicted molar refractivity (Wildman–Crippen MR) is 66.9 cm³/mol. The van der Waals surface area contributed by atoms with E-state index in [1.54, 1.807) is 0 Å². The van der Waals surface area contributed by atoms with Gasteiger partial charge in [-0.3, -0.25) is 0 Å². The Morgan fingerprint density at radius 3 is 2.13 bits per heavy atom. The SMILES string of the molecule is CN(CC1CCC(N)CC1)CC(C)(C)C. The van der Waals surface area contributed by atoms with Gasteiger partial charge in [0.15, 0.2) is 0 Å². The Morgan fingerprint density at radius 1 is 1.13 bits per heavy atom. The van der Waals surface area contributed by atoms with Gasteiger partial charge in [-0.2, -0.15) is 0 Å². The van der Waals surface area contributed by atoms with Crippen LogP contribution in [-0.4, -0.2) is 31.1 Å². The number of nitrogens with zero attached hydrogens (tertiary/aromatic N) is 1. The molecule has 0 aromatic heterocycles. The maximum Gasteiger partial charge on any atom is 0.00390 e. The Balaban J connectivity index is 2.23. The second kappa shape index (κ2) is 5.31. The highest BCUT2D eigenvalue weighted by atomic mass is 15.1. The smallest absolute Gasteiger partial charge is 0.00390 e. The predicted octanol–water partition coefficient (Wildman–Crippen LogP) is 2.48. The first kappa shape index (κ1) is 13.0. The van der Waals surface area contributed by atoms with Crippen molar-refractivity contribution in [3.8, 4) is 0 Å². The summed E-state index contributed by atoms with van der Waals surface area (Å²) in [5.41, 5.74) is 6.33. The van der Waals surface area contributed by atoms with Crippen molar-refractivity contribution in [2.24, 2.45) is 17.1 Å². The molecule has 2 heteroatoms. The van der Waals surface area contributed by atoms with Crippen LogP contribution in [0.3, 0.4) is 0 Å². The van der Waals surface area contributed by atoms with E-state index in [-0.39, 0.29) is 0 Å². The highest BCUT2D eigenvalue weighted by Crippen LogP contribution is 2.24. The summed E-state index contributed by atoms with van der Waals surface area (Å²) in [4.78, 5) is 2.49. The van der Waals surface area contributed by atoms with Crippen molar-refractivity contribution in [2.75, 3.05) is 20.1 Å². The number of hydrogen-bond acceptors (Lipinski definition) is 2. The zero-order chi connectivity index (χ0) is 11.5. The fourth-order valence-corrected chi connectivity index (χ4v) is 2.69. The van der Waals surface area contributed by atoms with Crippen LogP contribution in [0.15, 0.2) is 0 Å². The Morgan fingerprint density at radius 2 is 1.67 bits per heavy atom. The molecule has 0 saturated heterocycles. The summed E-state index contributed by atoms with van der Waals surface area (Å²) in [6, 6.07) is 0.481. The van der Waals surface area contributed by atoms with E-state index in [1.807, 2.05) is 0 Å². The zero-order valence-electron chi connectivity index (χ0n) is 10.9. The number of rotatable bonds is 3. The molecule has 2 N–H and O–H groups in total. The fraction of sp³-hybridized carbons (Fsp3) is 1.00. The standard InChI is InChI=1S/C13H28N2/c1-13(2,3)10-15(4)9-11-5-7-12(14)8-6-11/h11-12H,5-10,14H2,1-4H3. The average molecular weight is 212 g/mol. The summed E-state index contributed by atoms with van der Waals surface area (Å²) in [6.07, 6.45) is 5.12. The lowest BCUT2D eigenvalue weighted by Gasteiger charge is -2.32. The van der Waals surface area contributed by atoms with Crippen LogP contribution in [0.5, 0.6) is 0 Å². The topological polar surface area (TPSA) is 29.3 Å². The highest BCUT2D eigenvalue weighted by molar-refractivity contribution is 4.77. The van der Waals surface area contributed by atoms with Crippen molar-refractivity contribution in [2.45, 2.75) is 52.5 Å². The van der Waals surface area contributed by atoms with Crippen LogP contribution >= 0.6 is 0 Å². The van der Waals surface area contributed by atoms with Gasteiger partial charge in [-0.15, -0.1) is 0 Å². The first-order chi connectivity index (χ1) is 6.87. The molecule has 1 aliphatic carbocycles. The second-order valence-electron chi connectivity index (χ2n) is 6.54. The molecule has 90 valence electrons. The third-order valence-electron chi connectivity index (χ3n) is 3.21. The van der Waals surface area contributed by atoms with Crippen molar-refractivity contribution in [3.63, 3.8) is 0 Å². The molecule has 0 aliphatic heterocycles. The molecular formula is C13H28N2. The fourth-order valence-electron chi connectivity index (χ4n) is 2.69. The molecule has 0 atom stereocenters. The molecule has 0 unspecified atom stereocenters. The molecular weight excluding hydrogens is 184 g/mol. The number of nitrogens with two attached hydrogens (primary N) is 1. The lowest BCUT2D eigenvalue weighted by Crippen LogP contribution is -2.36. The van der Waals surface area contributed by atoms with Gasteiger partial charge >= 0.3 is 0 Å². The van der Waals surface area contributed by atoms with Crippen molar-refractivity contribution in [1.29, 1.82) is 0 Å². The molecule has 1 rings (SSSR count). The van der Waals surface area contributed by atoms with E-state index in [1.165, 1.54) is 38.8 Å². The maximum absolute atomic E-state index is 5.92. The first-order valence-electron chi connectivity index (χ1n) is 6.31. The van der Waals surface area contributed by atoms with Gasteiger partial charge in [0.1, 0.15) is 0 Å². The molecule has 0 heterocycles. The van der Waals surface area contributed by atoms with Crippen LogP contribution in [0.1, 0.15) is 46.5 Å². The molecule has 15 heavy (non-hydrogen) atoms. The first-order valence-corrected chi connectivity index (χ1v) is 6.31. The van der Waals surface area contributed by atoms with E-state index in [4.69, 9.17) is 5.73 Å². The molecule has 0 spiro atoms. The second-order valence-corrected chi connectivity index (χ2v) is 6.54. The number of hydrogen-bond donors (Lipinski definition) is 1. The molecule has 0 aromatic rings. The van der Waals surface area contributed by atoms with Crippen LogP contribution in [0.2, 0.25) is 0 Å². The third-order valence-corrected chi connectivity index (χ3v) is 3.21. The molecule has 0 bridgehead atoms. The summed E-state index contributed by atoms with van der Waals surface area (Å²) in [5.74, 6) is 0.886. The zero-order valence-corrected chi connectivity index (χ0v) is 10.9. The van der Waals surface area contributed by atoms with E-state index in [2.05, 4.69) is 32.7 Å². The Bertz CT molecular complexity index is 175. The Kier molecular flexibility index (Phi) is 4.60. The van der Waals surface area contributed by atoms with Crippen LogP contribution in [0, 0.1) is 11.3 Å². The quantitative estimate of drug-likeness (QED) is 0.779. The Labute approximate surface area is 95.2 Å². The van der Waals surface area contributed by atoms with Gasteiger partial charge < -0.3 is 10.6 Å². The largest absolute Gasteiger partial charge is 0.328 e. The minimum absolute atomic E-state index is 0.416. The summed E-state index contributed by atoms with van der Waals surface area (Å²) in [5, 5.41) is 0. The van der Waals surface area contributed by atoms with E-state index in [0.717, 1.165) is 5.92 Å². The van der Waals surface area contributed by atoms with Crippen LogP contribution < -0.4 is 5.73 Å². The van der Waals surface area contributed by atoms with Crippen LogP contribution in [0.25, 0.3) is 0 Å². The highest BCUT2D eigenvalue weighted by Gasteiger charge is 2.21.